The van der Waals surface area contributed by atoms with Gasteiger partial charge in [-0.15, -0.1) is 0 Å². The van der Waals surface area contributed by atoms with Crippen LogP contribution in [0.25, 0.3) is 23.4 Å². The topological polar surface area (TPSA) is 80.7 Å². The van der Waals surface area contributed by atoms with Gasteiger partial charge in [0.25, 0.3) is 0 Å². The van der Waals surface area contributed by atoms with E-state index in [0.717, 1.165) is 16.8 Å². The number of aromatic nitrogens is 2. The molecular formula is C23H22N4. The summed E-state index contributed by atoms with van der Waals surface area (Å²) < 4.78 is 0. The molecule has 4 heteroatoms. The Balaban J connectivity index is 0.000000166. The zero-order valence-corrected chi connectivity index (χ0v) is 14.9. The Labute approximate surface area is 159 Å². The van der Waals surface area contributed by atoms with E-state index in [1.54, 1.807) is 6.20 Å². The van der Waals surface area contributed by atoms with Crippen molar-refractivity contribution in [1.29, 1.82) is 0 Å². The highest BCUT2D eigenvalue weighted by atomic mass is 15.1. The molecule has 27 heavy (non-hydrogen) atoms. The van der Waals surface area contributed by atoms with Crippen LogP contribution in [0.3, 0.4) is 0 Å². The van der Waals surface area contributed by atoms with E-state index in [-0.39, 0.29) is 0 Å². The quantitative estimate of drug-likeness (QED) is 0.354. The van der Waals surface area contributed by atoms with E-state index in [1.807, 2.05) is 84.9 Å². The van der Waals surface area contributed by atoms with Gasteiger partial charge >= 0.3 is 0 Å². The molecular weight excluding hydrogens is 332 g/mol. The van der Waals surface area contributed by atoms with Crippen molar-refractivity contribution >= 4 is 23.5 Å². The van der Waals surface area contributed by atoms with Crippen LogP contribution in [0.1, 0.15) is 11.1 Å². The number of hydrogen-bond donors (Lipinski definition) is 3. The molecule has 134 valence electrons. The lowest BCUT2D eigenvalue weighted by atomic mass is 10.1. The number of benzene rings is 3. The van der Waals surface area contributed by atoms with Crippen molar-refractivity contribution < 1.29 is 0 Å². The lowest BCUT2D eigenvalue weighted by Gasteiger charge is -2.00. The standard InChI is InChI=1S/C14H14N2.C9H8N2/c15-13-9-8-12(10-14(13)16)7-6-11-4-2-1-3-5-11;1-2-4-8(5-3-1)9-6-7-10-11-9/h1-10H,15-16H2;1-7H,(H,10,11). The van der Waals surface area contributed by atoms with Gasteiger partial charge in [0.05, 0.1) is 17.1 Å². The van der Waals surface area contributed by atoms with E-state index in [0.29, 0.717) is 11.4 Å². The van der Waals surface area contributed by atoms with Crippen LogP contribution < -0.4 is 11.5 Å². The largest absolute Gasteiger partial charge is 0.397 e. The third-order valence-corrected chi connectivity index (χ3v) is 3.96. The molecule has 0 radical (unpaired) electrons. The Morgan fingerprint density at radius 3 is 1.96 bits per heavy atom. The van der Waals surface area contributed by atoms with E-state index in [1.165, 1.54) is 5.56 Å². The third kappa shape index (κ3) is 5.34. The maximum atomic E-state index is 5.73. The van der Waals surface area contributed by atoms with Crippen molar-refractivity contribution in [2.75, 3.05) is 11.5 Å². The normalized spacial score (nSPS) is 10.4. The predicted molar refractivity (Wildman–Crippen MR) is 115 cm³/mol. The Kier molecular flexibility index (Phi) is 6.04. The predicted octanol–water partition coefficient (Wildman–Crippen LogP) is 5.10. The zero-order chi connectivity index (χ0) is 18.9. The fourth-order valence-electron chi connectivity index (χ4n) is 2.49. The first-order valence-corrected chi connectivity index (χ1v) is 8.65. The van der Waals surface area contributed by atoms with Gasteiger partial charge in [0.1, 0.15) is 0 Å². The first kappa shape index (κ1) is 18.0. The maximum Gasteiger partial charge on any atom is 0.0650 e. The molecule has 1 aromatic heterocycles. The van der Waals surface area contributed by atoms with Crippen LogP contribution in [0.15, 0.2) is 91.1 Å². The van der Waals surface area contributed by atoms with Crippen LogP contribution in [-0.4, -0.2) is 10.2 Å². The number of nitrogen functional groups attached to an aromatic ring is 2. The molecule has 0 aliphatic heterocycles. The molecule has 0 fully saturated rings. The molecule has 4 nitrogen and oxygen atoms in total. The number of H-pyrrole nitrogens is 1. The minimum atomic E-state index is 0.621. The summed E-state index contributed by atoms with van der Waals surface area (Å²) >= 11 is 0. The Morgan fingerprint density at radius 1 is 0.667 bits per heavy atom. The van der Waals surface area contributed by atoms with Crippen LogP contribution in [0.5, 0.6) is 0 Å². The lowest BCUT2D eigenvalue weighted by Crippen LogP contribution is -1.93. The molecule has 4 rings (SSSR count). The van der Waals surface area contributed by atoms with Crippen LogP contribution in [0.4, 0.5) is 11.4 Å². The van der Waals surface area contributed by atoms with Crippen LogP contribution >= 0.6 is 0 Å². The monoisotopic (exact) mass is 354 g/mol. The fourth-order valence-corrected chi connectivity index (χ4v) is 2.49. The molecule has 0 saturated heterocycles. The van der Waals surface area contributed by atoms with Crippen molar-refractivity contribution in [1.82, 2.24) is 10.2 Å². The SMILES string of the molecule is Nc1ccc(C=Cc2ccccc2)cc1N.c1ccc(-c2ccn[nH]2)cc1. The maximum absolute atomic E-state index is 5.73. The van der Waals surface area contributed by atoms with Crippen molar-refractivity contribution in [3.8, 4) is 11.3 Å². The van der Waals surface area contributed by atoms with E-state index >= 15 is 0 Å². The number of rotatable bonds is 3. The highest BCUT2D eigenvalue weighted by Crippen LogP contribution is 2.18. The molecule has 3 aromatic carbocycles. The van der Waals surface area contributed by atoms with E-state index in [2.05, 4.69) is 22.3 Å². The van der Waals surface area contributed by atoms with Crippen molar-refractivity contribution in [3.05, 3.63) is 102 Å². The third-order valence-electron chi connectivity index (χ3n) is 3.96. The van der Waals surface area contributed by atoms with Gasteiger partial charge in [0, 0.05) is 6.20 Å². The molecule has 0 amide bonds. The summed E-state index contributed by atoms with van der Waals surface area (Å²) in [6.45, 7) is 0. The molecule has 0 atom stereocenters. The molecule has 5 N–H and O–H groups in total. The van der Waals surface area contributed by atoms with E-state index in [9.17, 15) is 0 Å². The molecule has 1 heterocycles. The second-order valence-corrected chi connectivity index (χ2v) is 5.97. The van der Waals surface area contributed by atoms with E-state index < -0.39 is 0 Å². The summed E-state index contributed by atoms with van der Waals surface area (Å²) in [5.41, 5.74) is 17.1. The molecule has 0 aliphatic carbocycles. The first-order valence-electron chi connectivity index (χ1n) is 8.65. The van der Waals surface area contributed by atoms with Gasteiger partial charge in [-0.2, -0.15) is 5.10 Å². The van der Waals surface area contributed by atoms with Gasteiger partial charge in [0.2, 0.25) is 0 Å². The summed E-state index contributed by atoms with van der Waals surface area (Å²) in [5.74, 6) is 0. The molecule has 0 bridgehead atoms. The smallest absolute Gasteiger partial charge is 0.0650 e. The summed E-state index contributed by atoms with van der Waals surface area (Å²) in [7, 11) is 0. The average Bonchev–Trinajstić information content (AvgIpc) is 3.26. The highest BCUT2D eigenvalue weighted by molar-refractivity contribution is 5.74. The number of anilines is 2. The Bertz CT molecular complexity index is 976. The second-order valence-electron chi connectivity index (χ2n) is 5.97. The first-order chi connectivity index (χ1) is 13.2. The highest BCUT2D eigenvalue weighted by Gasteiger charge is 1.95. The zero-order valence-electron chi connectivity index (χ0n) is 14.9. The van der Waals surface area contributed by atoms with Crippen LogP contribution in [0.2, 0.25) is 0 Å². The minimum absolute atomic E-state index is 0.621. The molecule has 0 unspecified atom stereocenters. The fraction of sp³-hybridized carbons (Fsp3) is 0. The van der Waals surface area contributed by atoms with Gasteiger partial charge in [-0.05, 0) is 34.9 Å². The van der Waals surface area contributed by atoms with Gasteiger partial charge in [-0.3, -0.25) is 5.10 Å². The number of aromatic amines is 1. The minimum Gasteiger partial charge on any atom is -0.397 e. The summed E-state index contributed by atoms with van der Waals surface area (Å²) in [6.07, 6.45) is 5.82. The molecule has 4 aromatic rings. The Morgan fingerprint density at radius 2 is 1.33 bits per heavy atom. The van der Waals surface area contributed by atoms with Crippen molar-refractivity contribution in [2.24, 2.45) is 0 Å². The average molecular weight is 354 g/mol. The summed E-state index contributed by atoms with van der Waals surface area (Å²) in [6, 6.07) is 27.8. The van der Waals surface area contributed by atoms with Crippen molar-refractivity contribution in [2.45, 2.75) is 0 Å². The van der Waals surface area contributed by atoms with Crippen molar-refractivity contribution in [3.63, 3.8) is 0 Å². The second kappa shape index (κ2) is 9.06. The number of nitrogens with two attached hydrogens (primary N) is 2. The Hall–Kier alpha value is -3.79. The number of nitrogens with zero attached hydrogens (tertiary/aromatic N) is 1. The van der Waals surface area contributed by atoms with Gasteiger partial charge in [-0.1, -0.05) is 78.9 Å². The van der Waals surface area contributed by atoms with Crippen LogP contribution in [-0.2, 0) is 0 Å². The van der Waals surface area contributed by atoms with Gasteiger partial charge in [-0.25, -0.2) is 0 Å². The van der Waals surface area contributed by atoms with Crippen LogP contribution in [0, 0.1) is 0 Å². The molecule has 0 spiro atoms. The van der Waals surface area contributed by atoms with E-state index in [4.69, 9.17) is 11.5 Å². The molecule has 0 aliphatic rings. The van der Waals surface area contributed by atoms with Gasteiger partial charge in [0.15, 0.2) is 0 Å². The summed E-state index contributed by atoms with van der Waals surface area (Å²) in [4.78, 5) is 0. The van der Waals surface area contributed by atoms with Gasteiger partial charge < -0.3 is 11.5 Å². The number of nitrogens with one attached hydrogen (secondary N) is 1. The summed E-state index contributed by atoms with van der Waals surface area (Å²) in [5, 5.41) is 6.78. The lowest BCUT2D eigenvalue weighted by molar-refractivity contribution is 1.10. The number of hydrogen-bond acceptors (Lipinski definition) is 3. The molecule has 0 saturated carbocycles.